The van der Waals surface area contributed by atoms with E-state index in [0.29, 0.717) is 31.1 Å². The van der Waals surface area contributed by atoms with Gasteiger partial charge < -0.3 is 14.9 Å². The Morgan fingerprint density at radius 3 is 2.92 bits per heavy atom. The van der Waals surface area contributed by atoms with Gasteiger partial charge in [-0.3, -0.25) is 9.78 Å². The molecule has 0 unspecified atom stereocenters. The number of aromatic nitrogens is 3. The molecule has 7 heteroatoms. The van der Waals surface area contributed by atoms with E-state index >= 15 is 0 Å². The van der Waals surface area contributed by atoms with E-state index in [0.717, 1.165) is 35.7 Å². The van der Waals surface area contributed by atoms with Crippen LogP contribution < -0.4 is 4.90 Å². The van der Waals surface area contributed by atoms with Crippen LogP contribution in [0.3, 0.4) is 0 Å². The summed E-state index contributed by atoms with van der Waals surface area (Å²) in [4.78, 5) is 29.3. The number of amides is 1. The lowest BCUT2D eigenvalue weighted by Crippen LogP contribution is -2.49. The highest BCUT2D eigenvalue weighted by Crippen LogP contribution is 2.29. The van der Waals surface area contributed by atoms with Gasteiger partial charge in [-0.25, -0.2) is 9.97 Å². The molecule has 25 heavy (non-hydrogen) atoms. The number of nitrogens with zero attached hydrogens (tertiary/aromatic N) is 5. The van der Waals surface area contributed by atoms with Gasteiger partial charge in [-0.2, -0.15) is 0 Å². The summed E-state index contributed by atoms with van der Waals surface area (Å²) < 4.78 is 0. The molecule has 2 aromatic heterocycles. The van der Waals surface area contributed by atoms with Gasteiger partial charge in [0, 0.05) is 38.2 Å². The lowest BCUT2D eigenvalue weighted by Gasteiger charge is -2.40. The van der Waals surface area contributed by atoms with Crippen molar-refractivity contribution < 1.29 is 9.90 Å². The van der Waals surface area contributed by atoms with E-state index in [9.17, 15) is 9.90 Å². The quantitative estimate of drug-likeness (QED) is 0.896. The Morgan fingerprint density at radius 1 is 1.36 bits per heavy atom. The van der Waals surface area contributed by atoms with Crippen molar-refractivity contribution >= 4 is 11.7 Å². The Morgan fingerprint density at radius 2 is 2.20 bits per heavy atom. The first-order chi connectivity index (χ1) is 12.1. The Hall–Kier alpha value is -2.54. The zero-order chi connectivity index (χ0) is 17.4. The fraction of sp³-hybridized carbons (Fsp3) is 0.444. The van der Waals surface area contributed by atoms with Crippen LogP contribution in [-0.4, -0.2) is 44.0 Å². The zero-order valence-corrected chi connectivity index (χ0v) is 14.2. The molecule has 2 aromatic rings. The lowest BCUT2D eigenvalue weighted by atomic mass is 9.95. The summed E-state index contributed by atoms with van der Waals surface area (Å²) in [6.07, 6.45) is 3.84. The first kappa shape index (κ1) is 16.0. The van der Waals surface area contributed by atoms with Crippen LogP contribution in [0.15, 0.2) is 24.7 Å². The molecule has 0 bridgehead atoms. The number of carbonyl (C=O) groups excluding carboxylic acids is 1. The van der Waals surface area contributed by atoms with Gasteiger partial charge >= 0.3 is 0 Å². The number of aryl methyl sites for hydroxylation is 1. The first-order valence-electron chi connectivity index (χ1n) is 8.52. The maximum absolute atomic E-state index is 12.6. The van der Waals surface area contributed by atoms with E-state index < -0.39 is 0 Å². The second-order valence-corrected chi connectivity index (χ2v) is 6.81. The van der Waals surface area contributed by atoms with Crippen molar-refractivity contribution in [2.75, 3.05) is 18.0 Å². The van der Waals surface area contributed by atoms with E-state index in [1.165, 1.54) is 0 Å². The highest BCUT2D eigenvalue weighted by Gasteiger charge is 2.33. The first-order valence-corrected chi connectivity index (χ1v) is 8.52. The van der Waals surface area contributed by atoms with Crippen LogP contribution in [0.5, 0.6) is 0 Å². The van der Waals surface area contributed by atoms with Crippen molar-refractivity contribution in [1.82, 2.24) is 19.9 Å². The summed E-state index contributed by atoms with van der Waals surface area (Å²) in [5.41, 5.74) is 3.82. The largest absolute Gasteiger partial charge is 0.390 e. The summed E-state index contributed by atoms with van der Waals surface area (Å²) in [7, 11) is 0. The minimum atomic E-state index is -0.0665. The van der Waals surface area contributed by atoms with Crippen molar-refractivity contribution in [1.29, 1.82) is 0 Å². The summed E-state index contributed by atoms with van der Waals surface area (Å²) in [6.45, 7) is 4.83. The standard InChI is InChI=1S/C18H21N5O2/c1-12-4-14(10-24)21-16-9-23(8-15(12)16)18(25)5-13-6-22(7-13)17-2-3-19-11-20-17/h2-4,11,13,24H,5-10H2,1H3. The van der Waals surface area contributed by atoms with Crippen molar-refractivity contribution in [2.24, 2.45) is 5.92 Å². The van der Waals surface area contributed by atoms with Crippen LogP contribution in [0, 0.1) is 12.8 Å². The number of anilines is 1. The predicted octanol–water partition coefficient (Wildman–Crippen LogP) is 1.04. The highest BCUT2D eigenvalue weighted by atomic mass is 16.3. The molecule has 7 nitrogen and oxygen atoms in total. The number of hydrogen-bond acceptors (Lipinski definition) is 6. The number of fused-ring (bicyclic) bond motifs is 1. The van der Waals surface area contributed by atoms with Crippen LogP contribution in [-0.2, 0) is 24.5 Å². The lowest BCUT2D eigenvalue weighted by molar-refractivity contribution is -0.133. The van der Waals surface area contributed by atoms with Gasteiger partial charge in [-0.15, -0.1) is 0 Å². The Kier molecular flexibility index (Phi) is 4.09. The van der Waals surface area contributed by atoms with Crippen LogP contribution >= 0.6 is 0 Å². The molecule has 0 aromatic carbocycles. The van der Waals surface area contributed by atoms with E-state index in [1.54, 1.807) is 12.5 Å². The molecule has 2 aliphatic heterocycles. The Labute approximate surface area is 146 Å². The van der Waals surface area contributed by atoms with Gasteiger partial charge in [-0.05, 0) is 30.2 Å². The van der Waals surface area contributed by atoms with Crippen molar-refractivity contribution in [3.05, 3.63) is 47.2 Å². The number of rotatable bonds is 4. The molecule has 1 N–H and O–H groups in total. The molecule has 4 rings (SSSR count). The Bertz CT molecular complexity index is 790. The smallest absolute Gasteiger partial charge is 0.223 e. The SMILES string of the molecule is Cc1cc(CO)nc2c1CN(C(=O)CC1CN(c3ccncn3)C1)C2. The van der Waals surface area contributed by atoms with Gasteiger partial charge in [-0.1, -0.05) is 0 Å². The third-order valence-electron chi connectivity index (χ3n) is 5.00. The summed E-state index contributed by atoms with van der Waals surface area (Å²) >= 11 is 0. The molecule has 4 heterocycles. The number of aliphatic hydroxyl groups is 1. The molecule has 0 radical (unpaired) electrons. The minimum Gasteiger partial charge on any atom is -0.390 e. The van der Waals surface area contributed by atoms with E-state index in [-0.39, 0.29) is 12.5 Å². The molecule has 2 aliphatic rings. The molecule has 130 valence electrons. The van der Waals surface area contributed by atoms with Crippen molar-refractivity contribution in [2.45, 2.75) is 33.0 Å². The second-order valence-electron chi connectivity index (χ2n) is 6.81. The highest BCUT2D eigenvalue weighted by molar-refractivity contribution is 5.77. The predicted molar refractivity (Wildman–Crippen MR) is 91.5 cm³/mol. The van der Waals surface area contributed by atoms with Gasteiger partial charge in [0.1, 0.15) is 12.1 Å². The number of aliphatic hydroxyl groups excluding tert-OH is 1. The van der Waals surface area contributed by atoms with E-state index in [4.69, 9.17) is 0 Å². The van der Waals surface area contributed by atoms with Crippen LogP contribution in [0.25, 0.3) is 0 Å². The number of hydrogen-bond donors (Lipinski definition) is 1. The topological polar surface area (TPSA) is 82.5 Å². The number of carbonyl (C=O) groups is 1. The van der Waals surface area contributed by atoms with Crippen LogP contribution in [0.2, 0.25) is 0 Å². The molecule has 0 atom stereocenters. The summed E-state index contributed by atoms with van der Waals surface area (Å²) in [5.74, 6) is 1.46. The van der Waals surface area contributed by atoms with Gasteiger partial charge in [0.2, 0.25) is 5.91 Å². The van der Waals surface area contributed by atoms with Crippen LogP contribution in [0.4, 0.5) is 5.82 Å². The van der Waals surface area contributed by atoms with Crippen LogP contribution in [0.1, 0.15) is 28.9 Å². The normalized spacial score (nSPS) is 16.7. The fourth-order valence-corrected chi connectivity index (χ4v) is 3.60. The monoisotopic (exact) mass is 339 g/mol. The van der Waals surface area contributed by atoms with Gasteiger partial charge in [0.05, 0.1) is 24.5 Å². The summed E-state index contributed by atoms with van der Waals surface area (Å²) in [6, 6.07) is 3.79. The second kappa shape index (κ2) is 6.40. The fourth-order valence-electron chi connectivity index (χ4n) is 3.60. The molecule has 1 saturated heterocycles. The average molecular weight is 339 g/mol. The van der Waals surface area contributed by atoms with E-state index in [1.807, 2.05) is 24.0 Å². The van der Waals surface area contributed by atoms with E-state index in [2.05, 4.69) is 19.9 Å². The zero-order valence-electron chi connectivity index (χ0n) is 14.2. The van der Waals surface area contributed by atoms with Gasteiger partial charge in [0.25, 0.3) is 0 Å². The molecular weight excluding hydrogens is 318 g/mol. The number of pyridine rings is 1. The third-order valence-corrected chi connectivity index (χ3v) is 5.00. The van der Waals surface area contributed by atoms with Gasteiger partial charge in [0.15, 0.2) is 0 Å². The maximum Gasteiger partial charge on any atom is 0.223 e. The average Bonchev–Trinajstić information content (AvgIpc) is 3.03. The van der Waals surface area contributed by atoms with Crippen molar-refractivity contribution in [3.63, 3.8) is 0 Å². The Balaban J connectivity index is 1.34. The third kappa shape index (κ3) is 3.07. The molecule has 1 amide bonds. The molecule has 0 aliphatic carbocycles. The minimum absolute atomic E-state index is 0.0665. The molecule has 0 saturated carbocycles. The molecule has 1 fully saturated rings. The van der Waals surface area contributed by atoms with Crippen molar-refractivity contribution in [3.8, 4) is 0 Å². The molecular formula is C18H21N5O2. The maximum atomic E-state index is 12.6. The molecule has 0 spiro atoms. The summed E-state index contributed by atoms with van der Waals surface area (Å²) in [5, 5.41) is 9.29.